The Hall–Kier alpha value is -1.09. The molecule has 1 fully saturated rings. The Balaban J connectivity index is 1.95. The molecule has 0 aromatic heterocycles. The van der Waals surface area contributed by atoms with Crippen LogP contribution < -0.4 is 10.1 Å². The second kappa shape index (κ2) is 5.60. The number of hydrogen-bond acceptors (Lipinski definition) is 2. The lowest BCUT2D eigenvalue weighted by atomic mass is 9.68. The maximum Gasteiger partial charge on any atom is 0.125 e. The van der Waals surface area contributed by atoms with Gasteiger partial charge in [-0.15, -0.1) is 0 Å². The fourth-order valence-corrected chi connectivity index (χ4v) is 4.16. The lowest BCUT2D eigenvalue weighted by Gasteiger charge is -2.49. The summed E-state index contributed by atoms with van der Waals surface area (Å²) in [6.07, 6.45) is 4.49. The Morgan fingerprint density at radius 2 is 2.19 bits per heavy atom. The standard InChI is InChI=1S/C18H26FNO/c1-4-20-16-11-18(8-7-12(2)9-13(18)3)21-17-6-5-14(19)10-15(16)17/h5-6,10,12-13,16,20H,4,7-9,11H2,1-3H3. The molecule has 3 rings (SSSR count). The molecule has 4 unspecified atom stereocenters. The lowest BCUT2D eigenvalue weighted by molar-refractivity contribution is -0.0552. The van der Waals surface area contributed by atoms with Gasteiger partial charge in [0.05, 0.1) is 0 Å². The number of ether oxygens (including phenoxy) is 1. The first-order valence-corrected chi connectivity index (χ1v) is 8.26. The third-order valence-electron chi connectivity index (χ3n) is 5.37. The minimum absolute atomic E-state index is 0.0792. The molecule has 2 nitrogen and oxygen atoms in total. The van der Waals surface area contributed by atoms with Crippen LogP contribution in [0, 0.1) is 17.7 Å². The van der Waals surface area contributed by atoms with Crippen molar-refractivity contribution in [2.75, 3.05) is 6.54 Å². The highest BCUT2D eigenvalue weighted by molar-refractivity contribution is 5.39. The van der Waals surface area contributed by atoms with E-state index in [4.69, 9.17) is 4.74 Å². The number of fused-ring (bicyclic) bond motifs is 1. The van der Waals surface area contributed by atoms with E-state index in [-0.39, 0.29) is 17.5 Å². The summed E-state index contributed by atoms with van der Waals surface area (Å²) in [5.41, 5.74) is 0.901. The van der Waals surface area contributed by atoms with Crippen molar-refractivity contribution < 1.29 is 9.13 Å². The highest BCUT2D eigenvalue weighted by Gasteiger charge is 2.47. The van der Waals surface area contributed by atoms with Crippen molar-refractivity contribution in [1.82, 2.24) is 5.32 Å². The molecule has 0 saturated heterocycles. The van der Waals surface area contributed by atoms with Crippen molar-refractivity contribution >= 4 is 0 Å². The van der Waals surface area contributed by atoms with Crippen LogP contribution in [0.5, 0.6) is 5.75 Å². The van der Waals surface area contributed by atoms with Gasteiger partial charge in [-0.05, 0) is 55.8 Å². The average molecular weight is 291 g/mol. The molecule has 1 aromatic carbocycles. The molecule has 4 atom stereocenters. The summed E-state index contributed by atoms with van der Waals surface area (Å²) in [4.78, 5) is 0. The first-order chi connectivity index (χ1) is 10.0. The Morgan fingerprint density at radius 3 is 2.90 bits per heavy atom. The largest absolute Gasteiger partial charge is 0.487 e. The van der Waals surface area contributed by atoms with Crippen molar-refractivity contribution in [3.63, 3.8) is 0 Å². The molecule has 1 spiro atoms. The van der Waals surface area contributed by atoms with Crippen molar-refractivity contribution in [3.05, 3.63) is 29.6 Å². The van der Waals surface area contributed by atoms with E-state index < -0.39 is 0 Å². The summed E-state index contributed by atoms with van der Waals surface area (Å²) in [6.45, 7) is 7.64. The maximum atomic E-state index is 13.6. The Kier molecular flexibility index (Phi) is 3.96. The van der Waals surface area contributed by atoms with Crippen LogP contribution in [-0.4, -0.2) is 12.1 Å². The van der Waals surface area contributed by atoms with Gasteiger partial charge in [0, 0.05) is 18.0 Å². The fourth-order valence-electron chi connectivity index (χ4n) is 4.16. The summed E-state index contributed by atoms with van der Waals surface area (Å²) in [7, 11) is 0. The number of hydrogen-bond donors (Lipinski definition) is 1. The number of nitrogens with one attached hydrogen (secondary N) is 1. The van der Waals surface area contributed by atoms with Gasteiger partial charge in [0.1, 0.15) is 17.2 Å². The van der Waals surface area contributed by atoms with Gasteiger partial charge in [0.2, 0.25) is 0 Å². The van der Waals surface area contributed by atoms with Crippen molar-refractivity contribution in [2.24, 2.45) is 11.8 Å². The molecule has 2 aliphatic rings. The van der Waals surface area contributed by atoms with Crippen LogP contribution in [0.15, 0.2) is 18.2 Å². The summed E-state index contributed by atoms with van der Waals surface area (Å²) in [6, 6.07) is 5.15. The van der Waals surface area contributed by atoms with E-state index in [1.54, 1.807) is 12.1 Å². The number of benzene rings is 1. The average Bonchev–Trinajstić information content (AvgIpc) is 2.45. The summed E-state index contributed by atoms with van der Waals surface area (Å²) >= 11 is 0. The van der Waals surface area contributed by atoms with Crippen LogP contribution in [0.3, 0.4) is 0 Å². The van der Waals surface area contributed by atoms with Gasteiger partial charge in [0.15, 0.2) is 0 Å². The van der Waals surface area contributed by atoms with Crippen LogP contribution in [-0.2, 0) is 0 Å². The third-order valence-corrected chi connectivity index (χ3v) is 5.37. The van der Waals surface area contributed by atoms with E-state index in [1.807, 2.05) is 0 Å². The van der Waals surface area contributed by atoms with E-state index in [2.05, 4.69) is 26.1 Å². The first-order valence-electron chi connectivity index (χ1n) is 8.26. The second-order valence-electron chi connectivity index (χ2n) is 6.94. The molecule has 1 saturated carbocycles. The molecule has 1 heterocycles. The Bertz CT molecular complexity index is 518. The zero-order valence-electron chi connectivity index (χ0n) is 13.3. The highest BCUT2D eigenvalue weighted by atomic mass is 19.1. The van der Waals surface area contributed by atoms with Crippen LogP contribution in [0.4, 0.5) is 4.39 Å². The molecule has 0 amide bonds. The van der Waals surface area contributed by atoms with Crippen LogP contribution in [0.1, 0.15) is 58.1 Å². The minimum Gasteiger partial charge on any atom is -0.487 e. The van der Waals surface area contributed by atoms with Gasteiger partial charge in [-0.2, -0.15) is 0 Å². The monoisotopic (exact) mass is 291 g/mol. The van der Waals surface area contributed by atoms with Gasteiger partial charge in [-0.25, -0.2) is 4.39 Å². The van der Waals surface area contributed by atoms with Crippen molar-refractivity contribution in [3.8, 4) is 5.75 Å². The molecule has 1 aliphatic carbocycles. The van der Waals surface area contributed by atoms with Crippen LogP contribution in [0.2, 0.25) is 0 Å². The van der Waals surface area contributed by atoms with Crippen molar-refractivity contribution in [2.45, 2.75) is 58.1 Å². The highest BCUT2D eigenvalue weighted by Crippen LogP contribution is 2.49. The number of rotatable bonds is 2. The third kappa shape index (κ3) is 2.68. The van der Waals surface area contributed by atoms with E-state index >= 15 is 0 Å². The Labute approximate surface area is 127 Å². The topological polar surface area (TPSA) is 21.3 Å². The van der Waals surface area contributed by atoms with Gasteiger partial charge in [-0.1, -0.05) is 20.8 Å². The SMILES string of the molecule is CCNC1CC2(CCC(C)CC2C)Oc2ccc(F)cc21. The zero-order chi connectivity index (χ0) is 15.0. The van der Waals surface area contributed by atoms with Gasteiger partial charge >= 0.3 is 0 Å². The van der Waals surface area contributed by atoms with E-state index in [0.717, 1.165) is 36.6 Å². The first kappa shape index (κ1) is 14.8. The molecule has 0 radical (unpaired) electrons. The number of halogens is 1. The van der Waals surface area contributed by atoms with Gasteiger partial charge in [-0.3, -0.25) is 0 Å². The van der Waals surface area contributed by atoms with Gasteiger partial charge in [0.25, 0.3) is 0 Å². The summed E-state index contributed by atoms with van der Waals surface area (Å²) in [5, 5.41) is 3.52. The van der Waals surface area contributed by atoms with Crippen molar-refractivity contribution in [1.29, 1.82) is 0 Å². The molecule has 1 aliphatic heterocycles. The molecule has 1 N–H and O–H groups in total. The molecular weight excluding hydrogens is 265 g/mol. The molecule has 1 aromatic rings. The van der Waals surface area contributed by atoms with E-state index in [9.17, 15) is 4.39 Å². The van der Waals surface area contributed by atoms with Crippen LogP contribution in [0.25, 0.3) is 0 Å². The Morgan fingerprint density at radius 1 is 1.38 bits per heavy atom. The molecule has 3 heteroatoms. The zero-order valence-corrected chi connectivity index (χ0v) is 13.3. The predicted octanol–water partition coefficient (Wildman–Crippen LogP) is 4.45. The quantitative estimate of drug-likeness (QED) is 0.869. The summed E-state index contributed by atoms with van der Waals surface area (Å²) in [5.74, 6) is 2.01. The molecule has 21 heavy (non-hydrogen) atoms. The minimum atomic E-state index is -0.179. The maximum absolute atomic E-state index is 13.6. The normalized spacial score (nSPS) is 35.3. The smallest absolute Gasteiger partial charge is 0.125 e. The lowest BCUT2D eigenvalue weighted by Crippen LogP contribution is -2.51. The predicted molar refractivity (Wildman–Crippen MR) is 83.0 cm³/mol. The second-order valence-corrected chi connectivity index (χ2v) is 6.94. The molecule has 0 bridgehead atoms. The van der Waals surface area contributed by atoms with Gasteiger partial charge < -0.3 is 10.1 Å². The fraction of sp³-hybridized carbons (Fsp3) is 0.667. The van der Waals surface area contributed by atoms with E-state index in [0.29, 0.717) is 5.92 Å². The van der Waals surface area contributed by atoms with E-state index in [1.165, 1.54) is 18.9 Å². The summed E-state index contributed by atoms with van der Waals surface area (Å²) < 4.78 is 20.0. The molecular formula is C18H26FNO. The van der Waals surface area contributed by atoms with Crippen LogP contribution >= 0.6 is 0 Å². The molecule has 116 valence electrons.